The fraction of sp³-hybridized carbons (Fsp3) is 0.333. The second kappa shape index (κ2) is 6.16. The van der Waals surface area contributed by atoms with Crippen LogP contribution in [0.2, 0.25) is 0 Å². The number of nitrogens with zero attached hydrogens (tertiary/aromatic N) is 5. The Balaban J connectivity index is 1.56. The lowest BCUT2D eigenvalue weighted by Crippen LogP contribution is -2.28. The Morgan fingerprint density at radius 3 is 2.88 bits per heavy atom. The van der Waals surface area contributed by atoms with Crippen LogP contribution in [0.25, 0.3) is 11.3 Å². The molecule has 7 heteroatoms. The molecule has 1 aromatic carbocycles. The van der Waals surface area contributed by atoms with E-state index in [-0.39, 0.29) is 5.91 Å². The largest absolute Gasteiger partial charge is 0.443 e. The Labute approximate surface area is 145 Å². The molecule has 0 spiro atoms. The number of benzene rings is 1. The molecule has 1 amide bonds. The summed E-state index contributed by atoms with van der Waals surface area (Å²) < 4.78 is 7.57. The van der Waals surface area contributed by atoms with Gasteiger partial charge in [0.25, 0.3) is 5.91 Å². The molecule has 0 unspecified atom stereocenters. The van der Waals surface area contributed by atoms with Crippen LogP contribution >= 0.6 is 0 Å². The molecular weight excluding hydrogens is 318 g/mol. The van der Waals surface area contributed by atoms with E-state index in [0.29, 0.717) is 18.0 Å². The normalized spacial score (nSPS) is 13.0. The van der Waals surface area contributed by atoms with Crippen molar-refractivity contribution < 1.29 is 9.21 Å². The van der Waals surface area contributed by atoms with E-state index in [1.54, 1.807) is 11.9 Å². The van der Waals surface area contributed by atoms with Gasteiger partial charge < -0.3 is 13.9 Å². The Bertz CT molecular complexity index is 910. The summed E-state index contributed by atoms with van der Waals surface area (Å²) in [6.07, 6.45) is 3.34. The molecule has 0 radical (unpaired) electrons. The minimum absolute atomic E-state index is 0.195. The zero-order chi connectivity index (χ0) is 17.4. The van der Waals surface area contributed by atoms with Crippen LogP contribution in [0.3, 0.4) is 0 Å². The van der Waals surface area contributed by atoms with E-state index in [0.717, 1.165) is 42.2 Å². The van der Waals surface area contributed by atoms with Gasteiger partial charge in [0.2, 0.25) is 0 Å². The fourth-order valence-electron chi connectivity index (χ4n) is 3.10. The fourth-order valence-corrected chi connectivity index (χ4v) is 3.10. The maximum absolute atomic E-state index is 12.8. The van der Waals surface area contributed by atoms with Crippen LogP contribution in [0.1, 0.15) is 34.1 Å². The van der Waals surface area contributed by atoms with Crippen LogP contribution in [0.4, 0.5) is 0 Å². The third-order valence-corrected chi connectivity index (χ3v) is 4.50. The highest BCUT2D eigenvalue weighted by Gasteiger charge is 2.24. The van der Waals surface area contributed by atoms with Crippen molar-refractivity contribution in [3.05, 3.63) is 53.6 Å². The van der Waals surface area contributed by atoms with Crippen molar-refractivity contribution in [2.24, 2.45) is 0 Å². The zero-order valence-corrected chi connectivity index (χ0v) is 14.3. The molecule has 0 saturated carbocycles. The molecule has 7 nitrogen and oxygen atoms in total. The molecule has 2 aromatic heterocycles. The van der Waals surface area contributed by atoms with Crippen molar-refractivity contribution in [3.63, 3.8) is 0 Å². The first-order valence-electron chi connectivity index (χ1n) is 8.30. The number of amides is 1. The Hall–Kier alpha value is -2.96. The lowest BCUT2D eigenvalue weighted by Gasteiger charge is -2.16. The van der Waals surface area contributed by atoms with Gasteiger partial charge in [-0.25, -0.2) is 4.98 Å². The number of hydrogen-bond acceptors (Lipinski definition) is 5. The van der Waals surface area contributed by atoms with Crippen LogP contribution < -0.4 is 0 Å². The van der Waals surface area contributed by atoms with Crippen molar-refractivity contribution in [1.82, 2.24) is 24.6 Å². The van der Waals surface area contributed by atoms with Gasteiger partial charge in [0.1, 0.15) is 5.82 Å². The van der Waals surface area contributed by atoms with E-state index >= 15 is 0 Å². The predicted octanol–water partition coefficient (Wildman–Crippen LogP) is 2.46. The maximum atomic E-state index is 12.8. The molecule has 0 saturated heterocycles. The summed E-state index contributed by atoms with van der Waals surface area (Å²) in [4.78, 5) is 18.6. The van der Waals surface area contributed by atoms with E-state index in [1.807, 2.05) is 31.2 Å². The van der Waals surface area contributed by atoms with E-state index < -0.39 is 0 Å². The molecule has 1 aliphatic heterocycles. The minimum atomic E-state index is -0.195. The van der Waals surface area contributed by atoms with Gasteiger partial charge in [0.15, 0.2) is 23.7 Å². The summed E-state index contributed by atoms with van der Waals surface area (Å²) in [5.41, 5.74) is 2.30. The number of hydrogen-bond donors (Lipinski definition) is 0. The highest BCUT2D eigenvalue weighted by atomic mass is 16.3. The first-order valence-corrected chi connectivity index (χ1v) is 8.30. The molecular formula is C18H19N5O2. The van der Waals surface area contributed by atoms with E-state index in [4.69, 9.17) is 4.42 Å². The molecule has 4 rings (SSSR count). The number of carbonyl (C=O) groups excluding carboxylic acids is 1. The van der Waals surface area contributed by atoms with Gasteiger partial charge in [-0.3, -0.25) is 4.79 Å². The van der Waals surface area contributed by atoms with Gasteiger partial charge in [0.05, 0.1) is 6.54 Å². The van der Waals surface area contributed by atoms with Gasteiger partial charge in [-0.1, -0.05) is 29.8 Å². The number of aromatic nitrogens is 4. The monoisotopic (exact) mass is 337 g/mol. The van der Waals surface area contributed by atoms with Gasteiger partial charge in [-0.05, 0) is 13.3 Å². The third kappa shape index (κ3) is 2.82. The molecule has 0 bridgehead atoms. The van der Waals surface area contributed by atoms with Crippen molar-refractivity contribution in [2.45, 2.75) is 32.9 Å². The molecule has 0 fully saturated rings. The van der Waals surface area contributed by atoms with E-state index in [9.17, 15) is 4.79 Å². The highest BCUT2D eigenvalue weighted by Crippen LogP contribution is 2.25. The topological polar surface area (TPSA) is 77.1 Å². The minimum Gasteiger partial charge on any atom is -0.443 e. The average molecular weight is 337 g/mol. The van der Waals surface area contributed by atoms with Crippen molar-refractivity contribution in [1.29, 1.82) is 0 Å². The summed E-state index contributed by atoms with van der Waals surface area (Å²) in [5.74, 6) is 2.10. The first-order chi connectivity index (χ1) is 12.1. The quantitative estimate of drug-likeness (QED) is 0.731. The van der Waals surface area contributed by atoms with Gasteiger partial charge in [-0.15, -0.1) is 10.2 Å². The molecule has 0 atom stereocenters. The van der Waals surface area contributed by atoms with Gasteiger partial charge in [-0.2, -0.15) is 0 Å². The molecule has 3 aromatic rings. The molecule has 3 heterocycles. The summed E-state index contributed by atoms with van der Waals surface area (Å²) in [6, 6.07) is 7.82. The summed E-state index contributed by atoms with van der Waals surface area (Å²) in [7, 11) is 1.74. The number of rotatable bonds is 4. The number of carbonyl (C=O) groups is 1. The van der Waals surface area contributed by atoms with Crippen LogP contribution in [-0.4, -0.2) is 37.6 Å². The van der Waals surface area contributed by atoms with Gasteiger partial charge >= 0.3 is 0 Å². The van der Waals surface area contributed by atoms with Crippen molar-refractivity contribution in [2.75, 3.05) is 7.05 Å². The number of aryl methyl sites for hydroxylation is 2. The Kier molecular flexibility index (Phi) is 3.83. The molecule has 128 valence electrons. The molecule has 0 N–H and O–H groups in total. The second-order valence-electron chi connectivity index (χ2n) is 6.34. The third-order valence-electron chi connectivity index (χ3n) is 4.50. The average Bonchev–Trinajstić information content (AvgIpc) is 3.32. The molecule has 1 aliphatic rings. The summed E-state index contributed by atoms with van der Waals surface area (Å²) in [5, 5.41) is 8.39. The predicted molar refractivity (Wildman–Crippen MR) is 90.8 cm³/mol. The highest BCUT2D eigenvalue weighted by molar-refractivity contribution is 5.97. The van der Waals surface area contributed by atoms with Crippen molar-refractivity contribution >= 4 is 5.91 Å². The van der Waals surface area contributed by atoms with Crippen LogP contribution in [0, 0.1) is 6.92 Å². The summed E-state index contributed by atoms with van der Waals surface area (Å²) >= 11 is 0. The lowest BCUT2D eigenvalue weighted by molar-refractivity contribution is 0.0775. The first kappa shape index (κ1) is 15.6. The van der Waals surface area contributed by atoms with Crippen LogP contribution in [-0.2, 0) is 19.5 Å². The number of fused-ring (bicyclic) bond motifs is 1. The molecule has 0 aliphatic carbocycles. The summed E-state index contributed by atoms with van der Waals surface area (Å²) in [6.45, 7) is 3.32. The van der Waals surface area contributed by atoms with E-state index in [1.165, 1.54) is 6.39 Å². The maximum Gasteiger partial charge on any atom is 0.276 e. The Morgan fingerprint density at radius 1 is 1.28 bits per heavy atom. The van der Waals surface area contributed by atoms with Gasteiger partial charge in [0, 0.05) is 25.6 Å². The zero-order valence-electron chi connectivity index (χ0n) is 14.3. The SMILES string of the molecule is Cc1ccc(-c2ocnc2C(=O)N(C)Cc2nnc3n2CCC3)cc1. The van der Waals surface area contributed by atoms with Crippen LogP contribution in [0.15, 0.2) is 35.1 Å². The Morgan fingerprint density at radius 2 is 2.08 bits per heavy atom. The van der Waals surface area contributed by atoms with Crippen LogP contribution in [0.5, 0.6) is 0 Å². The second-order valence-corrected chi connectivity index (χ2v) is 6.34. The smallest absolute Gasteiger partial charge is 0.276 e. The number of oxazole rings is 1. The molecule has 25 heavy (non-hydrogen) atoms. The van der Waals surface area contributed by atoms with E-state index in [2.05, 4.69) is 19.7 Å². The standard InChI is InChI=1S/C18H19N5O2/c1-12-5-7-13(8-6-12)17-16(19-11-25-17)18(24)22(2)10-15-21-20-14-4-3-9-23(14)15/h5-8,11H,3-4,9-10H2,1-2H3. The van der Waals surface area contributed by atoms with Crippen molar-refractivity contribution in [3.8, 4) is 11.3 Å². The lowest BCUT2D eigenvalue weighted by atomic mass is 10.1.